The van der Waals surface area contributed by atoms with Crippen LogP contribution in [0.25, 0.3) is 0 Å². The number of fused-ring (bicyclic) bond motifs is 1. The summed E-state index contributed by atoms with van der Waals surface area (Å²) in [6.45, 7) is 0.383. The number of urea groups is 1. The zero-order chi connectivity index (χ0) is 21.3. The first kappa shape index (κ1) is 19.7. The van der Waals surface area contributed by atoms with E-state index in [0.29, 0.717) is 42.1 Å². The van der Waals surface area contributed by atoms with E-state index in [0.717, 1.165) is 4.90 Å². The molecular weight excluding hydrogens is 388 g/mol. The van der Waals surface area contributed by atoms with Crippen LogP contribution in [-0.4, -0.2) is 60.6 Å². The molecule has 0 bridgehead atoms. The van der Waals surface area contributed by atoms with E-state index in [1.165, 1.54) is 14.2 Å². The third kappa shape index (κ3) is 3.54. The van der Waals surface area contributed by atoms with Crippen LogP contribution in [0.1, 0.15) is 23.2 Å². The lowest BCUT2D eigenvalue weighted by Crippen LogP contribution is -2.49. The van der Waals surface area contributed by atoms with E-state index in [1.54, 1.807) is 47.6 Å². The molecule has 1 aromatic heterocycles. The van der Waals surface area contributed by atoms with Crippen LogP contribution >= 0.6 is 0 Å². The summed E-state index contributed by atoms with van der Waals surface area (Å²) in [7, 11) is 3.01. The second-order valence-corrected chi connectivity index (χ2v) is 7.17. The number of methoxy groups -OCH3 is 2. The maximum Gasteiger partial charge on any atom is 0.332 e. The number of pyridine rings is 1. The average Bonchev–Trinajstić information content (AvgIpc) is 3.03. The normalized spacial score (nSPS) is 20.7. The number of nitrogens with one attached hydrogen (secondary N) is 1. The summed E-state index contributed by atoms with van der Waals surface area (Å²) in [5, 5.41) is 2.96. The Morgan fingerprint density at radius 3 is 2.40 bits per heavy atom. The summed E-state index contributed by atoms with van der Waals surface area (Å²) >= 11 is 0. The maximum atomic E-state index is 13.1. The summed E-state index contributed by atoms with van der Waals surface area (Å²) in [6.07, 6.45) is 4.04. The van der Waals surface area contributed by atoms with E-state index >= 15 is 0 Å². The van der Waals surface area contributed by atoms with Gasteiger partial charge in [0.2, 0.25) is 0 Å². The van der Waals surface area contributed by atoms with Gasteiger partial charge in [0.15, 0.2) is 0 Å². The third-order valence-electron chi connectivity index (χ3n) is 5.42. The SMILES string of the molecule is COc1cc(OC)cc(N2C(=O)[C@H]3C[C@@H](NC(=O)c4ccncc4)CCN3C2=O)c1. The largest absolute Gasteiger partial charge is 0.497 e. The van der Waals surface area contributed by atoms with Crippen LogP contribution in [0, 0.1) is 0 Å². The van der Waals surface area contributed by atoms with E-state index in [4.69, 9.17) is 9.47 Å². The highest BCUT2D eigenvalue weighted by atomic mass is 16.5. The average molecular weight is 410 g/mol. The van der Waals surface area contributed by atoms with E-state index in [-0.39, 0.29) is 23.9 Å². The number of ether oxygens (including phenoxy) is 2. The van der Waals surface area contributed by atoms with Crippen molar-refractivity contribution in [1.29, 1.82) is 0 Å². The van der Waals surface area contributed by atoms with Crippen molar-refractivity contribution >= 4 is 23.5 Å². The topological polar surface area (TPSA) is 101 Å². The number of nitrogens with zero attached hydrogens (tertiary/aromatic N) is 3. The maximum absolute atomic E-state index is 13.1. The Bertz CT molecular complexity index is 958. The Labute approximate surface area is 173 Å². The van der Waals surface area contributed by atoms with Crippen LogP contribution < -0.4 is 19.7 Å². The molecule has 2 saturated heterocycles. The molecule has 1 N–H and O–H groups in total. The first-order valence-electron chi connectivity index (χ1n) is 9.60. The van der Waals surface area contributed by atoms with Gasteiger partial charge in [0.1, 0.15) is 17.5 Å². The fourth-order valence-corrected chi connectivity index (χ4v) is 3.86. The smallest absolute Gasteiger partial charge is 0.332 e. The standard InChI is InChI=1S/C21H22N4O5/c1-29-16-10-15(11-17(12-16)30-2)25-20(27)18-9-14(5-8-24(18)21(25)28)23-19(26)13-3-6-22-7-4-13/h3-4,6-7,10-12,14,18H,5,8-9H2,1-2H3,(H,23,26)/t14-,18+/m0/s1. The van der Waals surface area contributed by atoms with Gasteiger partial charge >= 0.3 is 6.03 Å². The minimum absolute atomic E-state index is 0.205. The van der Waals surface area contributed by atoms with Crippen molar-refractivity contribution in [3.05, 3.63) is 48.3 Å². The number of imide groups is 1. The Morgan fingerprint density at radius 2 is 1.77 bits per heavy atom. The van der Waals surface area contributed by atoms with Crippen LogP contribution in [0.3, 0.4) is 0 Å². The molecule has 2 aliphatic heterocycles. The number of piperidine rings is 1. The molecule has 2 atom stereocenters. The van der Waals surface area contributed by atoms with Crippen LogP contribution in [0.15, 0.2) is 42.7 Å². The zero-order valence-electron chi connectivity index (χ0n) is 16.7. The molecule has 3 heterocycles. The summed E-state index contributed by atoms with van der Waals surface area (Å²) < 4.78 is 10.5. The number of anilines is 1. The lowest BCUT2D eigenvalue weighted by Gasteiger charge is -2.32. The molecule has 0 radical (unpaired) electrons. The monoisotopic (exact) mass is 410 g/mol. The van der Waals surface area contributed by atoms with Crippen molar-refractivity contribution in [2.75, 3.05) is 25.7 Å². The number of hydrogen-bond acceptors (Lipinski definition) is 6. The van der Waals surface area contributed by atoms with Gasteiger partial charge < -0.3 is 19.7 Å². The number of carbonyl (C=O) groups excluding carboxylic acids is 3. The molecule has 156 valence electrons. The van der Waals surface area contributed by atoms with Crippen molar-refractivity contribution in [1.82, 2.24) is 15.2 Å². The molecule has 2 aromatic rings. The number of rotatable bonds is 5. The van der Waals surface area contributed by atoms with Gasteiger partial charge in [0.05, 0.1) is 19.9 Å². The molecule has 0 spiro atoms. The predicted octanol–water partition coefficient (Wildman–Crippen LogP) is 1.83. The van der Waals surface area contributed by atoms with Crippen molar-refractivity contribution in [3.63, 3.8) is 0 Å². The van der Waals surface area contributed by atoms with Gasteiger partial charge in [0, 0.05) is 48.7 Å². The predicted molar refractivity (Wildman–Crippen MR) is 108 cm³/mol. The minimum Gasteiger partial charge on any atom is -0.497 e. The van der Waals surface area contributed by atoms with Crippen molar-refractivity contribution in [2.45, 2.75) is 24.9 Å². The summed E-state index contributed by atoms with van der Waals surface area (Å²) in [4.78, 5) is 45.1. The van der Waals surface area contributed by atoms with Gasteiger partial charge in [-0.2, -0.15) is 0 Å². The highest BCUT2D eigenvalue weighted by Gasteiger charge is 2.49. The molecule has 4 rings (SSSR count). The molecule has 4 amide bonds. The Balaban J connectivity index is 1.52. The number of carbonyl (C=O) groups is 3. The molecule has 0 unspecified atom stereocenters. The molecule has 2 fully saturated rings. The van der Waals surface area contributed by atoms with Crippen molar-refractivity contribution in [3.8, 4) is 11.5 Å². The molecule has 0 saturated carbocycles. The van der Waals surface area contributed by atoms with E-state index < -0.39 is 6.04 Å². The van der Waals surface area contributed by atoms with Crippen LogP contribution in [0.2, 0.25) is 0 Å². The quantitative estimate of drug-likeness (QED) is 0.755. The number of hydrogen-bond donors (Lipinski definition) is 1. The van der Waals surface area contributed by atoms with E-state index in [1.807, 2.05) is 0 Å². The molecule has 0 aliphatic carbocycles. The zero-order valence-corrected chi connectivity index (χ0v) is 16.7. The van der Waals surface area contributed by atoms with Gasteiger partial charge in [-0.3, -0.25) is 14.6 Å². The first-order chi connectivity index (χ1) is 14.5. The second-order valence-electron chi connectivity index (χ2n) is 7.17. The van der Waals surface area contributed by atoms with E-state index in [2.05, 4.69) is 10.3 Å². The number of aromatic nitrogens is 1. The third-order valence-corrected chi connectivity index (χ3v) is 5.42. The molecule has 30 heavy (non-hydrogen) atoms. The Kier molecular flexibility index (Phi) is 5.26. The van der Waals surface area contributed by atoms with Crippen LogP contribution in [-0.2, 0) is 4.79 Å². The highest BCUT2D eigenvalue weighted by Crippen LogP contribution is 2.35. The summed E-state index contributed by atoms with van der Waals surface area (Å²) in [6, 6.07) is 6.99. The van der Waals surface area contributed by atoms with Crippen molar-refractivity contribution < 1.29 is 23.9 Å². The van der Waals surface area contributed by atoms with Gasteiger partial charge in [-0.25, -0.2) is 9.69 Å². The minimum atomic E-state index is -0.619. The molecule has 9 nitrogen and oxygen atoms in total. The Hall–Kier alpha value is -3.62. The molecule has 9 heteroatoms. The summed E-state index contributed by atoms with van der Waals surface area (Å²) in [5.74, 6) is 0.426. The summed E-state index contributed by atoms with van der Waals surface area (Å²) in [5.41, 5.74) is 0.902. The second kappa shape index (κ2) is 8.02. The van der Waals surface area contributed by atoms with Gasteiger partial charge in [-0.05, 0) is 25.0 Å². The van der Waals surface area contributed by atoms with Crippen LogP contribution in [0.5, 0.6) is 11.5 Å². The Morgan fingerprint density at radius 1 is 1.10 bits per heavy atom. The number of amides is 4. The van der Waals surface area contributed by atoms with Gasteiger partial charge in [-0.15, -0.1) is 0 Å². The fourth-order valence-electron chi connectivity index (χ4n) is 3.86. The lowest BCUT2D eigenvalue weighted by atomic mass is 9.97. The highest BCUT2D eigenvalue weighted by molar-refractivity contribution is 6.21. The molecular formula is C21H22N4O5. The fraction of sp³-hybridized carbons (Fsp3) is 0.333. The molecule has 1 aromatic carbocycles. The molecule has 2 aliphatic rings. The van der Waals surface area contributed by atoms with E-state index in [9.17, 15) is 14.4 Å². The number of benzene rings is 1. The first-order valence-corrected chi connectivity index (χ1v) is 9.60. The van der Waals surface area contributed by atoms with Gasteiger partial charge in [-0.1, -0.05) is 0 Å². The lowest BCUT2D eigenvalue weighted by molar-refractivity contribution is -0.120. The van der Waals surface area contributed by atoms with Crippen LogP contribution in [0.4, 0.5) is 10.5 Å². The van der Waals surface area contributed by atoms with Gasteiger partial charge in [0.25, 0.3) is 11.8 Å². The van der Waals surface area contributed by atoms with Crippen molar-refractivity contribution in [2.24, 2.45) is 0 Å².